The zero-order chi connectivity index (χ0) is 12.4. The smallest absolute Gasteiger partial charge is 0.215 e. The largest absolute Gasteiger partial charge is 0.493 e. The highest BCUT2D eigenvalue weighted by Gasteiger charge is 2.20. The van der Waals surface area contributed by atoms with Crippen LogP contribution in [0.15, 0.2) is 36.8 Å². The molecule has 3 rings (SSSR count). The number of fused-ring (bicyclic) bond motifs is 1. The summed E-state index contributed by atoms with van der Waals surface area (Å²) in [7, 11) is 0. The van der Waals surface area contributed by atoms with E-state index in [1.807, 2.05) is 12.1 Å². The first-order valence-corrected chi connectivity index (χ1v) is 5.91. The Labute approximate surface area is 105 Å². The predicted molar refractivity (Wildman–Crippen MR) is 65.7 cm³/mol. The van der Waals surface area contributed by atoms with Crippen LogP contribution in [0.5, 0.6) is 5.75 Å². The van der Waals surface area contributed by atoms with E-state index in [4.69, 9.17) is 4.74 Å². The van der Waals surface area contributed by atoms with Gasteiger partial charge in [-0.25, -0.2) is 9.97 Å². The molecule has 2 aromatic rings. The highest BCUT2D eigenvalue weighted by atomic mass is 16.5. The normalized spacial score (nSPS) is 13.6. The minimum absolute atomic E-state index is 0.115. The molecule has 1 aromatic carbocycles. The van der Waals surface area contributed by atoms with E-state index in [0.29, 0.717) is 23.6 Å². The number of benzene rings is 1. The second kappa shape index (κ2) is 4.56. The van der Waals surface area contributed by atoms with Gasteiger partial charge in [0.1, 0.15) is 17.8 Å². The zero-order valence-electron chi connectivity index (χ0n) is 9.80. The molecule has 0 unspecified atom stereocenters. The number of aryl methyl sites for hydroxylation is 1. The van der Waals surface area contributed by atoms with Crippen molar-refractivity contribution in [1.82, 2.24) is 9.97 Å². The third-order valence-corrected chi connectivity index (χ3v) is 2.99. The maximum absolute atomic E-state index is 12.3. The van der Waals surface area contributed by atoms with Crippen molar-refractivity contribution >= 4 is 5.78 Å². The summed E-state index contributed by atoms with van der Waals surface area (Å²) >= 11 is 0. The van der Waals surface area contributed by atoms with Gasteiger partial charge in [-0.3, -0.25) is 4.79 Å². The number of ketones is 1. The average molecular weight is 240 g/mol. The van der Waals surface area contributed by atoms with Gasteiger partial charge >= 0.3 is 0 Å². The van der Waals surface area contributed by atoms with Gasteiger partial charge in [-0.15, -0.1) is 0 Å². The van der Waals surface area contributed by atoms with E-state index in [-0.39, 0.29) is 5.78 Å². The van der Waals surface area contributed by atoms with E-state index in [2.05, 4.69) is 9.97 Å². The van der Waals surface area contributed by atoms with Crippen molar-refractivity contribution < 1.29 is 9.53 Å². The Kier molecular flexibility index (Phi) is 2.76. The first kappa shape index (κ1) is 10.9. The molecule has 2 heterocycles. The number of para-hydroxylation sites is 1. The van der Waals surface area contributed by atoms with E-state index >= 15 is 0 Å². The lowest BCUT2D eigenvalue weighted by atomic mass is 9.99. The van der Waals surface area contributed by atoms with Gasteiger partial charge in [-0.05, 0) is 30.5 Å². The molecule has 0 atom stereocenters. The molecular weight excluding hydrogens is 228 g/mol. The Morgan fingerprint density at radius 2 is 2.22 bits per heavy atom. The third-order valence-electron chi connectivity index (χ3n) is 2.99. The maximum atomic E-state index is 12.3. The van der Waals surface area contributed by atoms with E-state index in [9.17, 15) is 4.79 Å². The van der Waals surface area contributed by atoms with Crippen LogP contribution in [0.1, 0.15) is 28.0 Å². The summed E-state index contributed by atoms with van der Waals surface area (Å²) in [6.07, 6.45) is 4.90. The number of ether oxygens (including phenoxy) is 1. The molecule has 0 saturated heterocycles. The van der Waals surface area contributed by atoms with Gasteiger partial charge in [-0.1, -0.05) is 12.1 Å². The maximum Gasteiger partial charge on any atom is 0.215 e. The van der Waals surface area contributed by atoms with Gasteiger partial charge in [0.15, 0.2) is 0 Å². The van der Waals surface area contributed by atoms with Crippen molar-refractivity contribution in [2.45, 2.75) is 12.8 Å². The van der Waals surface area contributed by atoms with Crippen molar-refractivity contribution in [3.63, 3.8) is 0 Å². The highest BCUT2D eigenvalue weighted by Crippen LogP contribution is 2.30. The SMILES string of the molecule is O=C(c1ccncn1)c1cccc2c1OCCC2. The van der Waals surface area contributed by atoms with Gasteiger partial charge in [0.05, 0.1) is 12.2 Å². The van der Waals surface area contributed by atoms with Crippen LogP contribution in [-0.4, -0.2) is 22.4 Å². The molecule has 1 aliphatic rings. The minimum atomic E-state index is -0.115. The van der Waals surface area contributed by atoms with Crippen LogP contribution in [-0.2, 0) is 6.42 Å². The van der Waals surface area contributed by atoms with Crippen molar-refractivity contribution in [1.29, 1.82) is 0 Å². The standard InChI is InChI=1S/C14H12N2O2/c17-13(12-6-7-15-9-16-12)11-5-1-3-10-4-2-8-18-14(10)11/h1,3,5-7,9H,2,4,8H2. The van der Waals surface area contributed by atoms with Crippen LogP contribution < -0.4 is 4.74 Å². The number of rotatable bonds is 2. The molecule has 0 aliphatic carbocycles. The van der Waals surface area contributed by atoms with E-state index < -0.39 is 0 Å². The van der Waals surface area contributed by atoms with Crippen LogP contribution >= 0.6 is 0 Å². The van der Waals surface area contributed by atoms with Crippen molar-refractivity contribution in [3.05, 3.63) is 53.6 Å². The second-order valence-corrected chi connectivity index (χ2v) is 4.17. The number of nitrogens with zero attached hydrogens (tertiary/aromatic N) is 2. The molecule has 0 N–H and O–H groups in total. The van der Waals surface area contributed by atoms with Crippen LogP contribution in [0.4, 0.5) is 0 Å². The fourth-order valence-electron chi connectivity index (χ4n) is 2.13. The Balaban J connectivity index is 2.05. The lowest BCUT2D eigenvalue weighted by Gasteiger charge is -2.19. The van der Waals surface area contributed by atoms with Crippen molar-refractivity contribution in [2.75, 3.05) is 6.61 Å². The summed E-state index contributed by atoms with van der Waals surface area (Å²) in [6.45, 7) is 0.668. The molecule has 4 nitrogen and oxygen atoms in total. The molecule has 0 bridgehead atoms. The number of aromatic nitrogens is 2. The molecule has 0 radical (unpaired) electrons. The molecule has 0 fully saturated rings. The molecule has 0 spiro atoms. The first-order chi connectivity index (χ1) is 8.86. The topological polar surface area (TPSA) is 52.1 Å². The summed E-state index contributed by atoms with van der Waals surface area (Å²) in [4.78, 5) is 20.2. The molecule has 90 valence electrons. The molecule has 0 saturated carbocycles. The van der Waals surface area contributed by atoms with E-state index in [1.54, 1.807) is 18.3 Å². The number of hydrogen-bond acceptors (Lipinski definition) is 4. The van der Waals surface area contributed by atoms with Gasteiger partial charge in [0.2, 0.25) is 5.78 Å². The van der Waals surface area contributed by atoms with Crippen LogP contribution in [0, 0.1) is 0 Å². The minimum Gasteiger partial charge on any atom is -0.493 e. The average Bonchev–Trinajstić information content (AvgIpc) is 2.47. The lowest BCUT2D eigenvalue weighted by molar-refractivity contribution is 0.102. The van der Waals surface area contributed by atoms with E-state index in [0.717, 1.165) is 18.4 Å². The second-order valence-electron chi connectivity index (χ2n) is 4.17. The van der Waals surface area contributed by atoms with Gasteiger partial charge < -0.3 is 4.74 Å². The molecule has 1 aromatic heterocycles. The fraction of sp³-hybridized carbons (Fsp3) is 0.214. The van der Waals surface area contributed by atoms with Gasteiger partial charge in [0, 0.05) is 6.20 Å². The monoisotopic (exact) mass is 240 g/mol. The Morgan fingerprint density at radius 3 is 3.06 bits per heavy atom. The number of carbonyl (C=O) groups is 1. The van der Waals surface area contributed by atoms with Crippen molar-refractivity contribution in [3.8, 4) is 5.75 Å². The number of carbonyl (C=O) groups excluding carboxylic acids is 1. The lowest BCUT2D eigenvalue weighted by Crippen LogP contribution is -2.14. The summed E-state index contributed by atoms with van der Waals surface area (Å²) in [5.74, 6) is 0.600. The first-order valence-electron chi connectivity index (χ1n) is 5.91. The van der Waals surface area contributed by atoms with Crippen LogP contribution in [0.25, 0.3) is 0 Å². The predicted octanol–water partition coefficient (Wildman–Crippen LogP) is 2.03. The Hall–Kier alpha value is -2.23. The molecule has 1 aliphatic heterocycles. The number of hydrogen-bond donors (Lipinski definition) is 0. The zero-order valence-corrected chi connectivity index (χ0v) is 9.80. The quantitative estimate of drug-likeness (QED) is 0.754. The van der Waals surface area contributed by atoms with E-state index in [1.165, 1.54) is 6.33 Å². The summed E-state index contributed by atoms with van der Waals surface area (Å²) in [5, 5.41) is 0. The molecule has 4 heteroatoms. The fourth-order valence-corrected chi connectivity index (χ4v) is 2.13. The van der Waals surface area contributed by atoms with Crippen molar-refractivity contribution in [2.24, 2.45) is 0 Å². The Bertz CT molecular complexity index is 582. The summed E-state index contributed by atoms with van der Waals surface area (Å²) in [5.41, 5.74) is 2.08. The highest BCUT2D eigenvalue weighted by molar-refractivity contribution is 6.09. The summed E-state index contributed by atoms with van der Waals surface area (Å²) < 4.78 is 5.63. The van der Waals surface area contributed by atoms with Gasteiger partial charge in [-0.2, -0.15) is 0 Å². The molecular formula is C14H12N2O2. The van der Waals surface area contributed by atoms with Crippen LogP contribution in [0.2, 0.25) is 0 Å². The Morgan fingerprint density at radius 1 is 1.28 bits per heavy atom. The molecule has 18 heavy (non-hydrogen) atoms. The van der Waals surface area contributed by atoms with Gasteiger partial charge in [0.25, 0.3) is 0 Å². The summed E-state index contributed by atoms with van der Waals surface area (Å²) in [6, 6.07) is 7.30. The van der Waals surface area contributed by atoms with Crippen LogP contribution in [0.3, 0.4) is 0 Å². The molecule has 0 amide bonds. The third kappa shape index (κ3) is 1.86.